The van der Waals surface area contributed by atoms with Gasteiger partial charge in [-0.15, -0.1) is 0 Å². The SMILES string of the molecule is CCC(O)CNC1CCOC2(CCOCC2)C1. The van der Waals surface area contributed by atoms with Crippen LogP contribution >= 0.6 is 0 Å². The van der Waals surface area contributed by atoms with E-state index in [1.165, 1.54) is 0 Å². The van der Waals surface area contributed by atoms with E-state index >= 15 is 0 Å². The number of ether oxygens (including phenoxy) is 2. The zero-order chi connectivity index (χ0) is 12.1. The summed E-state index contributed by atoms with van der Waals surface area (Å²) < 4.78 is 11.4. The van der Waals surface area contributed by atoms with E-state index < -0.39 is 0 Å². The van der Waals surface area contributed by atoms with Crippen molar-refractivity contribution in [1.29, 1.82) is 0 Å². The first-order valence-electron chi connectivity index (χ1n) is 6.87. The molecule has 0 radical (unpaired) electrons. The molecule has 2 N–H and O–H groups in total. The third-order valence-corrected chi connectivity index (χ3v) is 4.01. The molecule has 2 aliphatic heterocycles. The highest BCUT2D eigenvalue weighted by Gasteiger charge is 2.38. The molecule has 2 atom stereocenters. The third kappa shape index (κ3) is 3.65. The standard InChI is InChI=1S/C13H25NO3/c1-2-12(15)10-14-11-3-6-17-13(9-11)4-7-16-8-5-13/h11-12,14-15H,2-10H2,1H3. The number of nitrogens with one attached hydrogen (secondary N) is 1. The Morgan fingerprint density at radius 2 is 2.12 bits per heavy atom. The fraction of sp³-hybridized carbons (Fsp3) is 1.00. The first-order valence-corrected chi connectivity index (χ1v) is 6.87. The minimum Gasteiger partial charge on any atom is -0.392 e. The summed E-state index contributed by atoms with van der Waals surface area (Å²) >= 11 is 0. The van der Waals surface area contributed by atoms with Gasteiger partial charge >= 0.3 is 0 Å². The van der Waals surface area contributed by atoms with Crippen molar-refractivity contribution >= 4 is 0 Å². The van der Waals surface area contributed by atoms with E-state index in [4.69, 9.17) is 9.47 Å². The number of hydrogen-bond acceptors (Lipinski definition) is 4. The summed E-state index contributed by atoms with van der Waals surface area (Å²) in [5, 5.41) is 13.0. The van der Waals surface area contributed by atoms with E-state index in [2.05, 4.69) is 5.32 Å². The van der Waals surface area contributed by atoms with Gasteiger partial charge in [0.05, 0.1) is 11.7 Å². The van der Waals surface area contributed by atoms with Crippen LogP contribution in [0, 0.1) is 0 Å². The molecule has 2 rings (SSSR count). The predicted octanol–water partition coefficient (Wildman–Crippen LogP) is 1.08. The minimum absolute atomic E-state index is 0.0470. The van der Waals surface area contributed by atoms with E-state index in [9.17, 15) is 5.11 Å². The third-order valence-electron chi connectivity index (χ3n) is 4.01. The number of rotatable bonds is 4. The van der Waals surface area contributed by atoms with Gasteiger partial charge in [-0.2, -0.15) is 0 Å². The average molecular weight is 243 g/mol. The lowest BCUT2D eigenvalue weighted by molar-refractivity contribution is -0.140. The normalized spacial score (nSPS) is 30.4. The van der Waals surface area contributed by atoms with E-state index in [0.29, 0.717) is 12.6 Å². The van der Waals surface area contributed by atoms with Crippen LogP contribution in [0.4, 0.5) is 0 Å². The Kier molecular flexibility index (Phi) is 4.79. The molecule has 2 saturated heterocycles. The van der Waals surface area contributed by atoms with Crippen LogP contribution in [0.5, 0.6) is 0 Å². The Hall–Kier alpha value is -0.160. The summed E-state index contributed by atoms with van der Waals surface area (Å²) in [5.74, 6) is 0. The van der Waals surface area contributed by atoms with E-state index in [1.54, 1.807) is 0 Å². The Morgan fingerprint density at radius 1 is 1.35 bits per heavy atom. The summed E-state index contributed by atoms with van der Waals surface area (Å²) in [6, 6.07) is 0.489. The van der Waals surface area contributed by atoms with Gasteiger partial charge in [0, 0.05) is 32.4 Å². The highest BCUT2D eigenvalue weighted by molar-refractivity contribution is 4.91. The number of hydrogen-bond donors (Lipinski definition) is 2. The molecule has 0 aromatic heterocycles. The molecule has 17 heavy (non-hydrogen) atoms. The quantitative estimate of drug-likeness (QED) is 0.775. The number of aliphatic hydroxyl groups excluding tert-OH is 1. The molecule has 0 bridgehead atoms. The first kappa shape index (κ1) is 13.3. The Labute approximate surface area is 104 Å². The molecule has 0 aromatic rings. The summed E-state index contributed by atoms with van der Waals surface area (Å²) in [7, 11) is 0. The maximum Gasteiger partial charge on any atom is 0.0741 e. The largest absolute Gasteiger partial charge is 0.392 e. The van der Waals surface area contributed by atoms with E-state index in [1.807, 2.05) is 6.92 Å². The Morgan fingerprint density at radius 3 is 2.82 bits per heavy atom. The molecule has 0 saturated carbocycles. The molecule has 0 aromatic carbocycles. The highest BCUT2D eigenvalue weighted by Crippen LogP contribution is 2.34. The summed E-state index contributed by atoms with van der Waals surface area (Å²) in [6.45, 7) is 5.19. The second-order valence-electron chi connectivity index (χ2n) is 5.30. The smallest absolute Gasteiger partial charge is 0.0741 e. The monoisotopic (exact) mass is 243 g/mol. The van der Waals surface area contributed by atoms with E-state index in [-0.39, 0.29) is 11.7 Å². The average Bonchev–Trinajstić information content (AvgIpc) is 2.37. The molecule has 2 heterocycles. The number of aliphatic hydroxyl groups is 1. The predicted molar refractivity (Wildman–Crippen MR) is 66.1 cm³/mol. The topological polar surface area (TPSA) is 50.7 Å². The second kappa shape index (κ2) is 6.14. The van der Waals surface area contributed by atoms with Crippen molar-refractivity contribution in [2.75, 3.05) is 26.4 Å². The van der Waals surface area contributed by atoms with Crippen LogP contribution in [0.3, 0.4) is 0 Å². The van der Waals surface area contributed by atoms with Crippen molar-refractivity contribution in [2.45, 2.75) is 56.8 Å². The molecular formula is C13H25NO3. The van der Waals surface area contributed by atoms with Crippen molar-refractivity contribution in [3.05, 3.63) is 0 Å². The Bertz CT molecular complexity index is 223. The van der Waals surface area contributed by atoms with Crippen molar-refractivity contribution in [2.24, 2.45) is 0 Å². The molecule has 100 valence electrons. The van der Waals surface area contributed by atoms with E-state index in [0.717, 1.165) is 51.9 Å². The summed E-state index contributed by atoms with van der Waals surface area (Å²) in [4.78, 5) is 0. The maximum atomic E-state index is 9.58. The van der Waals surface area contributed by atoms with Gasteiger partial charge < -0.3 is 19.9 Å². The van der Waals surface area contributed by atoms with Crippen LogP contribution < -0.4 is 5.32 Å². The van der Waals surface area contributed by atoms with Crippen LogP contribution in [0.25, 0.3) is 0 Å². The second-order valence-corrected chi connectivity index (χ2v) is 5.30. The Balaban J connectivity index is 1.79. The molecule has 2 aliphatic rings. The van der Waals surface area contributed by atoms with Crippen molar-refractivity contribution < 1.29 is 14.6 Å². The van der Waals surface area contributed by atoms with Gasteiger partial charge in [0.2, 0.25) is 0 Å². The van der Waals surface area contributed by atoms with Gasteiger partial charge in [0.15, 0.2) is 0 Å². The van der Waals surface area contributed by atoms with Crippen LogP contribution in [-0.4, -0.2) is 49.2 Å². The van der Waals surface area contributed by atoms with Crippen LogP contribution in [0.2, 0.25) is 0 Å². The maximum absolute atomic E-state index is 9.58. The first-order chi connectivity index (χ1) is 8.24. The fourth-order valence-corrected chi connectivity index (χ4v) is 2.74. The van der Waals surface area contributed by atoms with Gasteiger partial charge in [0.25, 0.3) is 0 Å². The van der Waals surface area contributed by atoms with Crippen LogP contribution in [0.1, 0.15) is 39.0 Å². The van der Waals surface area contributed by atoms with Crippen molar-refractivity contribution in [1.82, 2.24) is 5.32 Å². The van der Waals surface area contributed by atoms with Crippen molar-refractivity contribution in [3.8, 4) is 0 Å². The lowest BCUT2D eigenvalue weighted by atomic mass is 9.84. The van der Waals surface area contributed by atoms with Gasteiger partial charge in [-0.25, -0.2) is 0 Å². The molecule has 4 heteroatoms. The summed E-state index contributed by atoms with van der Waals surface area (Å²) in [6.07, 6.45) is 4.74. The molecule has 2 fully saturated rings. The summed E-state index contributed by atoms with van der Waals surface area (Å²) in [5.41, 5.74) is 0.0470. The molecule has 0 aliphatic carbocycles. The molecule has 2 unspecified atom stereocenters. The zero-order valence-electron chi connectivity index (χ0n) is 10.8. The van der Waals surface area contributed by atoms with Gasteiger partial charge in [0.1, 0.15) is 0 Å². The lowest BCUT2D eigenvalue weighted by Crippen LogP contribution is -2.50. The molecule has 4 nitrogen and oxygen atoms in total. The van der Waals surface area contributed by atoms with Crippen LogP contribution in [0.15, 0.2) is 0 Å². The highest BCUT2D eigenvalue weighted by atomic mass is 16.5. The lowest BCUT2D eigenvalue weighted by Gasteiger charge is -2.43. The van der Waals surface area contributed by atoms with Crippen LogP contribution in [-0.2, 0) is 9.47 Å². The molecule has 1 spiro atoms. The van der Waals surface area contributed by atoms with Gasteiger partial charge in [-0.1, -0.05) is 6.92 Å². The molecular weight excluding hydrogens is 218 g/mol. The zero-order valence-corrected chi connectivity index (χ0v) is 10.8. The van der Waals surface area contributed by atoms with Gasteiger partial charge in [-0.05, 0) is 32.1 Å². The van der Waals surface area contributed by atoms with Gasteiger partial charge in [-0.3, -0.25) is 0 Å². The van der Waals surface area contributed by atoms with Crippen molar-refractivity contribution in [3.63, 3.8) is 0 Å². The minimum atomic E-state index is -0.219. The fourth-order valence-electron chi connectivity index (χ4n) is 2.74. The molecule has 0 amide bonds.